The van der Waals surface area contributed by atoms with E-state index in [9.17, 15) is 27.6 Å². The highest BCUT2D eigenvalue weighted by atomic mass is 35.5. The lowest BCUT2D eigenvalue weighted by Crippen LogP contribution is -2.39. The fraction of sp³-hybridized carbons (Fsp3) is 0.364. The number of pyridine rings is 1. The molecule has 0 amide bonds. The van der Waals surface area contributed by atoms with Crippen LogP contribution in [0.1, 0.15) is 39.2 Å². The molecule has 32 heavy (non-hydrogen) atoms. The summed E-state index contributed by atoms with van der Waals surface area (Å²) in [5.74, 6) is -2.62. The zero-order valence-corrected chi connectivity index (χ0v) is 18.3. The van der Waals surface area contributed by atoms with Crippen molar-refractivity contribution in [3.05, 3.63) is 47.1 Å². The second-order valence-electron chi connectivity index (χ2n) is 6.82. The van der Waals surface area contributed by atoms with Crippen molar-refractivity contribution in [1.29, 1.82) is 0 Å². The third-order valence-electron chi connectivity index (χ3n) is 4.51. The topological polar surface area (TPSA) is 82.6 Å². The average molecular weight is 472 g/mol. The van der Waals surface area contributed by atoms with Crippen LogP contribution in [0.4, 0.5) is 13.2 Å². The summed E-state index contributed by atoms with van der Waals surface area (Å²) < 4.78 is 49.0. The number of ketones is 3. The van der Waals surface area contributed by atoms with Crippen molar-refractivity contribution in [2.75, 3.05) is 0 Å². The molecule has 0 fully saturated rings. The second-order valence-corrected chi connectivity index (χ2v) is 7.22. The number of hydrogen-bond acceptors (Lipinski definition) is 6. The van der Waals surface area contributed by atoms with Crippen molar-refractivity contribution in [3.63, 3.8) is 0 Å². The lowest BCUT2D eigenvalue weighted by Gasteiger charge is -2.19. The summed E-state index contributed by atoms with van der Waals surface area (Å²) in [6.07, 6.45) is -4.91. The molecule has 6 nitrogen and oxygen atoms in total. The number of alkyl halides is 3. The van der Waals surface area contributed by atoms with Gasteiger partial charge in [0.1, 0.15) is 22.4 Å². The summed E-state index contributed by atoms with van der Waals surface area (Å²) in [6.45, 7) is 4.60. The zero-order chi connectivity index (χ0) is 24.1. The minimum Gasteiger partial charge on any atom is -0.483 e. The van der Waals surface area contributed by atoms with E-state index >= 15 is 0 Å². The summed E-state index contributed by atoms with van der Waals surface area (Å²) in [5.41, 5.74) is -1.00. The molecule has 1 aromatic carbocycles. The van der Waals surface area contributed by atoms with Crippen LogP contribution in [0.2, 0.25) is 5.02 Å². The van der Waals surface area contributed by atoms with E-state index < -0.39 is 41.1 Å². The molecular formula is C22H21ClF3NO5. The van der Waals surface area contributed by atoms with Crippen LogP contribution in [-0.4, -0.2) is 28.4 Å². The van der Waals surface area contributed by atoms with Crippen molar-refractivity contribution in [2.45, 2.75) is 45.9 Å². The van der Waals surface area contributed by atoms with Gasteiger partial charge >= 0.3 is 6.18 Å². The van der Waals surface area contributed by atoms with Crippen LogP contribution in [0.15, 0.2) is 36.5 Å². The molecule has 1 unspecified atom stereocenters. The van der Waals surface area contributed by atoms with Crippen LogP contribution in [0.25, 0.3) is 0 Å². The molecule has 10 heteroatoms. The van der Waals surface area contributed by atoms with Gasteiger partial charge in [-0.05, 0) is 37.3 Å². The van der Waals surface area contributed by atoms with Gasteiger partial charge in [-0.15, -0.1) is 0 Å². The summed E-state index contributed by atoms with van der Waals surface area (Å²) in [6, 6.07) is 6.49. The van der Waals surface area contributed by atoms with Gasteiger partial charge in [0.25, 0.3) is 0 Å². The van der Waals surface area contributed by atoms with Crippen molar-refractivity contribution in [2.24, 2.45) is 5.92 Å². The van der Waals surface area contributed by atoms with E-state index in [4.69, 9.17) is 21.1 Å². The molecule has 0 saturated carbocycles. The molecule has 0 radical (unpaired) electrons. The molecule has 0 aliphatic carbocycles. The first-order valence-electron chi connectivity index (χ1n) is 9.74. The van der Waals surface area contributed by atoms with Crippen molar-refractivity contribution >= 4 is 29.0 Å². The van der Waals surface area contributed by atoms with Crippen LogP contribution in [0, 0.1) is 5.92 Å². The Kier molecular flexibility index (Phi) is 8.38. The van der Waals surface area contributed by atoms with Gasteiger partial charge in [0.15, 0.2) is 23.5 Å². The molecule has 1 aromatic heterocycles. The number of rotatable bonds is 10. The standard InChI is InChI=1S/C22H21ClF3NO5/c1-4-17(28)19(18(29)5-2)20(30)12(3)31-14-6-8-15(9-7-14)32-21-16(23)10-13(11-27-21)22(24,25)26/h6-12,19H,4-5H2,1-3H3. The van der Waals surface area contributed by atoms with Gasteiger partial charge in [-0.3, -0.25) is 14.4 Å². The molecule has 2 rings (SSSR count). The third kappa shape index (κ3) is 6.29. The molecule has 2 aromatic rings. The van der Waals surface area contributed by atoms with Crippen LogP contribution in [0.5, 0.6) is 17.4 Å². The fourth-order valence-electron chi connectivity index (χ4n) is 2.76. The molecule has 1 atom stereocenters. The number of nitrogens with zero attached hydrogens (tertiary/aromatic N) is 1. The Morgan fingerprint density at radius 3 is 2.03 bits per heavy atom. The quantitative estimate of drug-likeness (QED) is 0.428. The maximum Gasteiger partial charge on any atom is 0.417 e. The van der Waals surface area contributed by atoms with E-state index in [1.807, 2.05) is 0 Å². The van der Waals surface area contributed by atoms with Gasteiger partial charge in [-0.25, -0.2) is 4.98 Å². The molecule has 0 aliphatic rings. The number of carbonyl (C=O) groups excluding carboxylic acids is 3. The van der Waals surface area contributed by atoms with E-state index in [1.54, 1.807) is 13.8 Å². The molecule has 172 valence electrons. The number of hydrogen-bond donors (Lipinski definition) is 0. The molecule has 0 saturated heterocycles. The molecule has 0 aliphatic heterocycles. The smallest absolute Gasteiger partial charge is 0.417 e. The van der Waals surface area contributed by atoms with Gasteiger partial charge in [0.2, 0.25) is 5.88 Å². The highest BCUT2D eigenvalue weighted by Crippen LogP contribution is 2.35. The van der Waals surface area contributed by atoms with Gasteiger partial charge in [-0.1, -0.05) is 25.4 Å². The molecule has 0 N–H and O–H groups in total. The Morgan fingerprint density at radius 1 is 1.03 bits per heavy atom. The third-order valence-corrected chi connectivity index (χ3v) is 4.78. The van der Waals surface area contributed by atoms with Crippen LogP contribution >= 0.6 is 11.6 Å². The number of Topliss-reactive ketones (excluding diaryl/α,β-unsaturated/α-hetero) is 3. The van der Waals surface area contributed by atoms with E-state index in [2.05, 4.69) is 4.98 Å². The van der Waals surface area contributed by atoms with Crippen LogP contribution in [0.3, 0.4) is 0 Å². The Hall–Kier alpha value is -2.94. The van der Waals surface area contributed by atoms with E-state index in [-0.39, 0.29) is 35.2 Å². The van der Waals surface area contributed by atoms with Crippen molar-refractivity contribution in [1.82, 2.24) is 4.98 Å². The minimum absolute atomic E-state index is 0.0570. The normalized spacial score (nSPS) is 12.4. The Labute approximate surface area is 187 Å². The Morgan fingerprint density at radius 2 is 1.56 bits per heavy atom. The number of halogens is 4. The first-order chi connectivity index (χ1) is 15.0. The minimum atomic E-state index is -4.58. The first kappa shape index (κ1) is 25.3. The van der Waals surface area contributed by atoms with Crippen LogP contribution < -0.4 is 9.47 Å². The van der Waals surface area contributed by atoms with Gasteiger partial charge in [0, 0.05) is 19.0 Å². The van der Waals surface area contributed by atoms with Gasteiger partial charge < -0.3 is 9.47 Å². The number of ether oxygens (including phenoxy) is 2. The molecular weight excluding hydrogens is 451 g/mol. The predicted octanol–water partition coefficient (Wildman–Crippen LogP) is 5.46. The first-order valence-corrected chi connectivity index (χ1v) is 10.1. The predicted molar refractivity (Wildman–Crippen MR) is 110 cm³/mol. The highest BCUT2D eigenvalue weighted by Gasteiger charge is 2.35. The molecule has 0 bridgehead atoms. The summed E-state index contributed by atoms with van der Waals surface area (Å²) in [5, 5.41) is -0.313. The zero-order valence-electron chi connectivity index (χ0n) is 17.5. The number of carbonyl (C=O) groups is 3. The molecule has 0 spiro atoms. The fourth-order valence-corrected chi connectivity index (χ4v) is 2.96. The van der Waals surface area contributed by atoms with Gasteiger partial charge in [0.05, 0.1) is 5.56 Å². The van der Waals surface area contributed by atoms with E-state index in [0.717, 1.165) is 0 Å². The number of benzene rings is 1. The van der Waals surface area contributed by atoms with Crippen LogP contribution in [-0.2, 0) is 20.6 Å². The largest absolute Gasteiger partial charge is 0.483 e. The van der Waals surface area contributed by atoms with Crippen molar-refractivity contribution in [3.8, 4) is 17.4 Å². The maximum atomic E-state index is 12.7. The molecule has 1 heterocycles. The lowest BCUT2D eigenvalue weighted by molar-refractivity contribution is -0.143. The maximum absolute atomic E-state index is 12.7. The van der Waals surface area contributed by atoms with E-state index in [0.29, 0.717) is 12.3 Å². The number of aromatic nitrogens is 1. The Bertz CT molecular complexity index is 976. The van der Waals surface area contributed by atoms with E-state index in [1.165, 1.54) is 31.2 Å². The monoisotopic (exact) mass is 471 g/mol. The second kappa shape index (κ2) is 10.6. The summed E-state index contributed by atoms with van der Waals surface area (Å²) >= 11 is 5.82. The Balaban J connectivity index is 2.08. The van der Waals surface area contributed by atoms with Crippen molar-refractivity contribution < 1.29 is 37.0 Å². The highest BCUT2D eigenvalue weighted by molar-refractivity contribution is 6.31. The average Bonchev–Trinajstić information content (AvgIpc) is 2.75. The lowest BCUT2D eigenvalue weighted by atomic mass is 9.89. The summed E-state index contributed by atoms with van der Waals surface area (Å²) in [7, 11) is 0. The van der Waals surface area contributed by atoms with Gasteiger partial charge in [-0.2, -0.15) is 13.2 Å². The SMILES string of the molecule is CCC(=O)C(C(=O)CC)C(=O)C(C)Oc1ccc(Oc2ncc(C(F)(F)F)cc2Cl)cc1. The summed E-state index contributed by atoms with van der Waals surface area (Å²) in [4.78, 5) is 40.3.